The number of esters is 2. The number of H-pyrrole nitrogens is 1. The van der Waals surface area contributed by atoms with Crippen molar-refractivity contribution >= 4 is 64.0 Å². The largest absolute Gasteiger partial charge is 0.611 e. The highest BCUT2D eigenvalue weighted by atomic mass is 32.2. The van der Waals surface area contributed by atoms with Gasteiger partial charge in [0, 0.05) is 53.2 Å². The van der Waals surface area contributed by atoms with Crippen LogP contribution in [0.3, 0.4) is 0 Å². The first-order valence-corrected chi connectivity index (χ1v) is 22.9. The van der Waals surface area contributed by atoms with Crippen LogP contribution in [0.1, 0.15) is 80.1 Å². The molecule has 0 radical (unpaired) electrons. The average molecular weight is 877 g/mol. The number of aliphatic imine (C=N–C) groups is 1. The van der Waals surface area contributed by atoms with E-state index < -0.39 is 28.3 Å². The Kier molecular flexibility index (Phi) is 14.8. The molecule has 0 spiro atoms. The van der Waals surface area contributed by atoms with Crippen LogP contribution in [0.2, 0.25) is 0 Å². The van der Waals surface area contributed by atoms with Crippen molar-refractivity contribution in [1.82, 2.24) is 15.6 Å². The van der Waals surface area contributed by atoms with E-state index in [1.54, 1.807) is 6.92 Å². The number of benzene rings is 2. The number of hydrogen-bond donors (Lipinski definition) is 3. The molecule has 2 aromatic carbocycles. The maximum absolute atomic E-state index is 13.2. The Morgan fingerprint density at radius 1 is 0.645 bits per heavy atom. The smallest absolute Gasteiger partial charge is 0.310 e. The fourth-order valence-electron chi connectivity index (χ4n) is 7.49. The molecule has 14 heteroatoms. The van der Waals surface area contributed by atoms with Gasteiger partial charge in [-0.1, -0.05) is 35.4 Å². The van der Waals surface area contributed by atoms with Crippen molar-refractivity contribution in [1.29, 1.82) is 0 Å². The van der Waals surface area contributed by atoms with Gasteiger partial charge >= 0.3 is 11.9 Å². The monoisotopic (exact) mass is 876 g/mol. The lowest BCUT2D eigenvalue weighted by molar-refractivity contribution is -0.141. The van der Waals surface area contributed by atoms with Crippen molar-refractivity contribution in [2.75, 3.05) is 25.7 Å². The van der Waals surface area contributed by atoms with Gasteiger partial charge in [-0.25, -0.2) is 4.99 Å². The Morgan fingerprint density at radius 3 is 1.79 bits per heavy atom. The zero-order valence-electron chi connectivity index (χ0n) is 36.3. The maximum atomic E-state index is 13.2. The molecular weight excluding hydrogens is 825 g/mol. The number of aromatic nitrogens is 1. The second-order valence-corrected chi connectivity index (χ2v) is 18.6. The SMILES string of the molecule is COC(=O)CCC1=C(C)C(/C=C2\NC(=O)C(C)=C2CC[S+]([O-])c2ccc(C)cc2)=NC/1=C\c1[nH]c(/C=C2\NC(=O)C(CC[S+]([O-])c3ccc(C)cc3)=C2C)c(C)c1CC(=O)OC. The molecule has 324 valence electrons. The molecule has 12 nitrogen and oxygen atoms in total. The molecule has 3 aliphatic heterocycles. The van der Waals surface area contributed by atoms with Gasteiger partial charge in [-0.15, -0.1) is 0 Å². The molecule has 3 aliphatic rings. The van der Waals surface area contributed by atoms with Crippen LogP contribution in [-0.4, -0.2) is 69.3 Å². The van der Waals surface area contributed by atoms with E-state index in [-0.39, 0.29) is 30.6 Å². The van der Waals surface area contributed by atoms with Crippen LogP contribution in [-0.2, 0) is 57.4 Å². The van der Waals surface area contributed by atoms with Crippen LogP contribution in [0.15, 0.2) is 120 Å². The Balaban J connectivity index is 1.33. The number of rotatable bonds is 16. The molecule has 2 amide bonds. The van der Waals surface area contributed by atoms with Gasteiger partial charge in [-0.2, -0.15) is 0 Å². The molecule has 4 heterocycles. The van der Waals surface area contributed by atoms with Crippen LogP contribution in [0.4, 0.5) is 0 Å². The summed E-state index contributed by atoms with van der Waals surface area (Å²) >= 11 is -2.55. The minimum absolute atomic E-state index is 0.0530. The van der Waals surface area contributed by atoms with E-state index in [2.05, 4.69) is 15.6 Å². The van der Waals surface area contributed by atoms with E-state index in [9.17, 15) is 28.3 Å². The number of carbonyl (C=O) groups excluding carboxylic acids is 4. The van der Waals surface area contributed by atoms with Crippen LogP contribution in [0.5, 0.6) is 0 Å². The second-order valence-electron chi connectivity index (χ2n) is 15.5. The van der Waals surface area contributed by atoms with Crippen LogP contribution < -0.4 is 10.6 Å². The maximum Gasteiger partial charge on any atom is 0.310 e. The number of nitrogens with one attached hydrogen (secondary N) is 3. The molecule has 0 bridgehead atoms. The highest BCUT2D eigenvalue weighted by Gasteiger charge is 2.30. The number of allylic oxidation sites excluding steroid dienone is 5. The Hall–Kier alpha value is -5.67. The van der Waals surface area contributed by atoms with Crippen LogP contribution in [0.25, 0.3) is 12.2 Å². The van der Waals surface area contributed by atoms with Crippen LogP contribution in [0, 0.1) is 20.8 Å². The van der Waals surface area contributed by atoms with E-state index >= 15 is 0 Å². The minimum Gasteiger partial charge on any atom is -0.611 e. The summed E-state index contributed by atoms with van der Waals surface area (Å²) in [5.41, 5.74) is 11.2. The average Bonchev–Trinajstić information content (AvgIpc) is 3.90. The summed E-state index contributed by atoms with van der Waals surface area (Å²) in [7, 11) is 2.66. The van der Waals surface area contributed by atoms with Gasteiger partial charge in [0.25, 0.3) is 11.8 Å². The van der Waals surface area contributed by atoms with Crippen molar-refractivity contribution in [3.8, 4) is 0 Å². The van der Waals surface area contributed by atoms with Crippen molar-refractivity contribution < 1.29 is 37.8 Å². The van der Waals surface area contributed by atoms with E-state index in [1.165, 1.54) is 14.2 Å². The summed E-state index contributed by atoms with van der Waals surface area (Å²) in [6.45, 7) is 11.3. The van der Waals surface area contributed by atoms with Crippen molar-refractivity contribution in [2.24, 2.45) is 4.99 Å². The molecule has 2 unspecified atom stereocenters. The third-order valence-electron chi connectivity index (χ3n) is 11.4. The molecule has 62 heavy (non-hydrogen) atoms. The molecule has 3 N–H and O–H groups in total. The molecule has 6 rings (SSSR count). The fraction of sp³-hybridized carbons (Fsp3) is 0.312. The molecule has 2 atom stereocenters. The first kappa shape index (κ1) is 45.8. The van der Waals surface area contributed by atoms with Gasteiger partial charge in [0.1, 0.15) is 11.5 Å². The molecule has 0 fully saturated rings. The van der Waals surface area contributed by atoms with Gasteiger partial charge in [0.15, 0.2) is 9.79 Å². The van der Waals surface area contributed by atoms with E-state index in [0.29, 0.717) is 86.6 Å². The zero-order valence-corrected chi connectivity index (χ0v) is 38.0. The van der Waals surface area contributed by atoms with E-state index in [4.69, 9.17) is 14.5 Å². The number of nitrogens with zero attached hydrogens (tertiary/aromatic N) is 1. The second kappa shape index (κ2) is 20.0. The molecule has 3 aromatic rings. The lowest BCUT2D eigenvalue weighted by Crippen LogP contribution is -2.18. The predicted octanol–water partition coefficient (Wildman–Crippen LogP) is 7.23. The predicted molar refractivity (Wildman–Crippen MR) is 242 cm³/mol. The lowest BCUT2D eigenvalue weighted by Gasteiger charge is -2.12. The molecular formula is C48H52N4O8S2. The first-order valence-electron chi connectivity index (χ1n) is 20.3. The quantitative estimate of drug-likeness (QED) is 0.0994. The number of aromatic amines is 1. The number of methoxy groups -OCH3 is 2. The number of hydrogen-bond acceptors (Lipinski definition) is 9. The molecule has 0 saturated heterocycles. The van der Waals surface area contributed by atoms with Crippen molar-refractivity contribution in [3.05, 3.63) is 139 Å². The summed E-state index contributed by atoms with van der Waals surface area (Å²) in [4.78, 5) is 61.3. The summed E-state index contributed by atoms with van der Waals surface area (Å²) in [5, 5.41) is 5.93. The third kappa shape index (κ3) is 10.5. The molecule has 0 saturated carbocycles. The summed E-state index contributed by atoms with van der Waals surface area (Å²) in [5.74, 6) is -0.712. The number of ether oxygens (including phenoxy) is 2. The fourth-order valence-corrected chi connectivity index (χ4v) is 9.62. The van der Waals surface area contributed by atoms with Crippen molar-refractivity contribution in [2.45, 2.75) is 83.4 Å². The van der Waals surface area contributed by atoms with Gasteiger partial charge in [0.2, 0.25) is 0 Å². The van der Waals surface area contributed by atoms with Crippen LogP contribution >= 0.6 is 0 Å². The summed E-state index contributed by atoms with van der Waals surface area (Å²) < 4.78 is 36.3. The third-order valence-corrected chi connectivity index (χ3v) is 14.2. The van der Waals surface area contributed by atoms with E-state index in [1.807, 2.05) is 101 Å². The molecule has 0 aliphatic carbocycles. The van der Waals surface area contributed by atoms with Crippen molar-refractivity contribution in [3.63, 3.8) is 0 Å². The summed E-state index contributed by atoms with van der Waals surface area (Å²) in [6.07, 6.45) is 6.53. The topological polar surface area (TPSA) is 185 Å². The van der Waals surface area contributed by atoms with Gasteiger partial charge in [-0.3, -0.25) is 19.2 Å². The van der Waals surface area contributed by atoms with E-state index in [0.717, 1.165) is 43.9 Å². The number of carbonyl (C=O) groups is 4. The lowest BCUT2D eigenvalue weighted by atomic mass is 9.98. The zero-order chi connectivity index (χ0) is 44.8. The Bertz CT molecular complexity index is 2520. The highest BCUT2D eigenvalue weighted by molar-refractivity contribution is 7.91. The molecule has 1 aromatic heterocycles. The van der Waals surface area contributed by atoms with Gasteiger partial charge < -0.3 is 34.2 Å². The van der Waals surface area contributed by atoms with Gasteiger partial charge in [0.05, 0.1) is 32.0 Å². The first-order chi connectivity index (χ1) is 29.6. The standard InChI is InChI=1S/C48H52N4O8S2/c1-27-9-13-33(14-10-27)61(57)21-19-36-32(6)47(55)52-43(36)25-40-29(3)35(17-18-45(53)59-7)42(49-40)26-44-38(23-46(54)60-8)31(5)39(50-44)24-41-30(4)37(48(56)51-41)20-22-62(58)34-15-11-28(2)12-16-34/h9-16,24-26,50H,17-23H2,1-8H3,(H,51,56)(H,52,55)/b41-24-,42-26-,43-25-. The number of amides is 2. The minimum atomic E-state index is -1.28. The highest BCUT2D eigenvalue weighted by Crippen LogP contribution is 2.36. The number of aryl methyl sites for hydroxylation is 2. The van der Waals surface area contributed by atoms with Gasteiger partial charge in [-0.05, 0) is 146 Å². The summed E-state index contributed by atoms with van der Waals surface area (Å²) in [6, 6.07) is 15.1. The normalized spacial score (nSPS) is 18.3. The Morgan fingerprint density at radius 2 is 1.21 bits per heavy atom. The Labute approximate surface area is 368 Å².